The van der Waals surface area contributed by atoms with Gasteiger partial charge in [0.1, 0.15) is 5.69 Å². The number of nitro benzene ring substituents is 1. The fourth-order valence-electron chi connectivity index (χ4n) is 8.11. The molecule has 19 heteroatoms. The first kappa shape index (κ1) is 46.7. The monoisotopic (exact) mass is 960 g/mol. The first-order chi connectivity index (χ1) is 31.7. The van der Waals surface area contributed by atoms with Crippen LogP contribution >= 0.6 is 23.4 Å². The normalized spacial score (nSPS) is 15.7. The predicted molar refractivity (Wildman–Crippen MR) is 255 cm³/mol. The third-order valence-corrected chi connectivity index (χ3v) is 14.5. The van der Waals surface area contributed by atoms with E-state index in [2.05, 4.69) is 29.8 Å². The molecular formula is C47H48ClF3N8O5S2. The van der Waals surface area contributed by atoms with Crippen LogP contribution < -0.4 is 19.8 Å². The summed E-state index contributed by atoms with van der Waals surface area (Å²) in [4.78, 5) is 19.2. The summed E-state index contributed by atoms with van der Waals surface area (Å²) in [5, 5.41) is 30.1. The molecule has 0 unspecified atom stereocenters. The number of rotatable bonds is 16. The second kappa shape index (κ2) is 20.4. The Morgan fingerprint density at radius 1 is 0.818 bits per heavy atom. The van der Waals surface area contributed by atoms with E-state index < -0.39 is 26.8 Å². The van der Waals surface area contributed by atoms with Crippen molar-refractivity contribution in [2.75, 3.05) is 71.4 Å². The number of thioether (sulfide) groups is 1. The number of nitrogens with zero attached hydrogens (tertiary/aromatic N) is 6. The van der Waals surface area contributed by atoms with E-state index in [0.29, 0.717) is 67.5 Å². The number of alkyl halides is 3. The van der Waals surface area contributed by atoms with Crippen LogP contribution in [0.15, 0.2) is 137 Å². The highest BCUT2D eigenvalue weighted by molar-refractivity contribution is 7.99. The molecule has 8 rings (SSSR count). The maximum absolute atomic E-state index is 13.8. The molecular weight excluding hydrogens is 913 g/mol. The molecule has 2 saturated heterocycles. The molecule has 0 aliphatic carbocycles. The van der Waals surface area contributed by atoms with Gasteiger partial charge < -0.3 is 25.1 Å². The average Bonchev–Trinajstić information content (AvgIpc) is 3.78. The lowest BCUT2D eigenvalue weighted by Crippen LogP contribution is -2.46. The number of nitro groups is 1. The van der Waals surface area contributed by atoms with Crippen LogP contribution in [-0.4, -0.2) is 96.8 Å². The van der Waals surface area contributed by atoms with Crippen LogP contribution in [0.5, 0.6) is 0 Å². The quantitative estimate of drug-likeness (QED) is 0.0484. The highest BCUT2D eigenvalue weighted by Crippen LogP contribution is 2.35. The Hall–Kier alpha value is -5.79. The van der Waals surface area contributed by atoms with Crippen molar-refractivity contribution in [1.82, 2.24) is 14.7 Å². The van der Waals surface area contributed by atoms with E-state index in [0.717, 1.165) is 48.0 Å². The number of piperidine rings is 1. The van der Waals surface area contributed by atoms with Gasteiger partial charge in [-0.3, -0.25) is 14.8 Å². The maximum Gasteiger partial charge on any atom is 0.435 e. The first-order valence-electron chi connectivity index (χ1n) is 21.5. The van der Waals surface area contributed by atoms with Gasteiger partial charge in [0, 0.05) is 96.2 Å². The van der Waals surface area contributed by atoms with Crippen LogP contribution in [0.2, 0.25) is 5.02 Å². The van der Waals surface area contributed by atoms with Gasteiger partial charge in [-0.25, -0.2) is 13.1 Å². The molecule has 5 aromatic carbocycles. The molecule has 346 valence electrons. The average molecular weight is 962 g/mol. The Balaban J connectivity index is 0.904. The number of aliphatic hydroxyl groups is 1. The van der Waals surface area contributed by atoms with E-state index >= 15 is 0 Å². The van der Waals surface area contributed by atoms with Crippen molar-refractivity contribution in [1.29, 1.82) is 0 Å². The Morgan fingerprint density at radius 2 is 1.48 bits per heavy atom. The van der Waals surface area contributed by atoms with E-state index in [1.54, 1.807) is 72.4 Å². The lowest BCUT2D eigenvalue weighted by molar-refractivity contribution is -0.384. The Bertz CT molecular complexity index is 2720. The third kappa shape index (κ3) is 11.6. The lowest BCUT2D eigenvalue weighted by atomic mass is 10.1. The summed E-state index contributed by atoms with van der Waals surface area (Å²) in [5.41, 5.74) is 2.12. The van der Waals surface area contributed by atoms with Gasteiger partial charge in [-0.2, -0.15) is 18.3 Å². The maximum atomic E-state index is 13.8. The molecule has 3 N–H and O–H groups in total. The van der Waals surface area contributed by atoms with Crippen LogP contribution in [0.25, 0.3) is 16.9 Å². The van der Waals surface area contributed by atoms with E-state index in [1.165, 1.54) is 16.8 Å². The largest absolute Gasteiger partial charge is 0.435 e. The molecule has 1 atom stereocenters. The number of nitrogens with one attached hydrogen (secondary N) is 2. The summed E-state index contributed by atoms with van der Waals surface area (Å²) in [7, 11) is -4.22. The number of anilines is 4. The number of sulfonamides is 1. The van der Waals surface area contributed by atoms with Gasteiger partial charge in [-0.05, 0) is 104 Å². The van der Waals surface area contributed by atoms with Gasteiger partial charge in [-0.1, -0.05) is 48.0 Å². The molecule has 0 radical (unpaired) electrons. The first-order valence-corrected chi connectivity index (χ1v) is 24.3. The Kier molecular flexibility index (Phi) is 14.4. The number of aliphatic hydroxyl groups excluding tert-OH is 1. The molecule has 0 amide bonds. The van der Waals surface area contributed by atoms with Crippen LogP contribution in [0.4, 0.5) is 41.6 Å². The Morgan fingerprint density at radius 3 is 2.15 bits per heavy atom. The zero-order valence-electron chi connectivity index (χ0n) is 35.6. The summed E-state index contributed by atoms with van der Waals surface area (Å²) in [6.45, 7) is 4.74. The number of aromatic nitrogens is 2. The van der Waals surface area contributed by atoms with Crippen molar-refractivity contribution >= 4 is 61.8 Å². The molecule has 13 nitrogen and oxygen atoms in total. The van der Waals surface area contributed by atoms with Crippen LogP contribution in [-0.2, 0) is 16.2 Å². The second-order valence-corrected chi connectivity index (χ2v) is 19.5. The zero-order chi connectivity index (χ0) is 46.4. The van der Waals surface area contributed by atoms with Crippen molar-refractivity contribution in [2.24, 2.45) is 0 Å². The third-order valence-electron chi connectivity index (χ3n) is 11.7. The lowest BCUT2D eigenvalue weighted by Gasteiger charge is -2.37. The predicted octanol–water partition coefficient (Wildman–Crippen LogP) is 9.67. The number of hydrogen-bond donors (Lipinski definition) is 3. The molecule has 0 spiro atoms. The van der Waals surface area contributed by atoms with E-state index in [1.807, 2.05) is 42.5 Å². The highest BCUT2D eigenvalue weighted by atomic mass is 35.5. The molecule has 0 saturated carbocycles. The number of halogens is 4. The topological polar surface area (TPSA) is 149 Å². The SMILES string of the molecule is O=[N+]([O-])c1cc(S(=O)(=O)Nc2ccc(N3CCN(c4cccc(-n5nc(C(F)(F)F)cc5-c5ccc(Cl)cc5)c4)CC3)cc2)ccc1N[C@H](CCN1CCC(O)CC1)CSc1ccccc1. The molecule has 0 bridgehead atoms. The van der Waals surface area contributed by atoms with E-state index in [9.17, 15) is 36.8 Å². The second-order valence-electron chi connectivity index (χ2n) is 16.2. The summed E-state index contributed by atoms with van der Waals surface area (Å²) >= 11 is 7.68. The summed E-state index contributed by atoms with van der Waals surface area (Å²) in [6.07, 6.45) is -2.82. The summed E-state index contributed by atoms with van der Waals surface area (Å²) in [5.74, 6) is 0.621. The van der Waals surface area contributed by atoms with Gasteiger partial charge in [-0.15, -0.1) is 11.8 Å². The van der Waals surface area contributed by atoms with Crippen LogP contribution in [0.3, 0.4) is 0 Å². The molecule has 66 heavy (non-hydrogen) atoms. The van der Waals surface area contributed by atoms with Crippen molar-refractivity contribution < 1.29 is 31.6 Å². The zero-order valence-corrected chi connectivity index (χ0v) is 38.0. The molecule has 2 fully saturated rings. The minimum Gasteiger partial charge on any atom is -0.393 e. The smallest absolute Gasteiger partial charge is 0.393 e. The number of likely N-dealkylation sites (tertiary alicyclic amines) is 1. The van der Waals surface area contributed by atoms with Crippen molar-refractivity contribution in [3.05, 3.63) is 148 Å². The number of piperazine rings is 1. The highest BCUT2D eigenvalue weighted by Gasteiger charge is 2.35. The van der Waals surface area contributed by atoms with Crippen LogP contribution in [0.1, 0.15) is 25.0 Å². The molecule has 2 aliphatic rings. The number of benzene rings is 5. The van der Waals surface area contributed by atoms with Crippen molar-refractivity contribution in [3.8, 4) is 16.9 Å². The van der Waals surface area contributed by atoms with E-state index in [-0.39, 0.29) is 39.8 Å². The summed E-state index contributed by atoms with van der Waals surface area (Å²) < 4.78 is 72.6. The molecule has 6 aromatic rings. The van der Waals surface area contributed by atoms with Gasteiger partial charge in [0.05, 0.1) is 27.3 Å². The fraction of sp³-hybridized carbons (Fsp3) is 0.298. The van der Waals surface area contributed by atoms with Gasteiger partial charge in [0.25, 0.3) is 15.7 Å². The van der Waals surface area contributed by atoms with E-state index in [4.69, 9.17) is 11.6 Å². The minimum absolute atomic E-state index is 0.171. The van der Waals surface area contributed by atoms with Gasteiger partial charge in [0.15, 0.2) is 5.69 Å². The van der Waals surface area contributed by atoms with Gasteiger partial charge >= 0.3 is 6.18 Å². The molecule has 3 heterocycles. The minimum atomic E-state index is -4.63. The van der Waals surface area contributed by atoms with Crippen LogP contribution in [0, 0.1) is 10.1 Å². The van der Waals surface area contributed by atoms with Crippen molar-refractivity contribution in [3.63, 3.8) is 0 Å². The Labute approximate surface area is 390 Å². The fourth-order valence-corrected chi connectivity index (χ4v) is 10.3. The van der Waals surface area contributed by atoms with Crippen molar-refractivity contribution in [2.45, 2.75) is 47.4 Å². The summed E-state index contributed by atoms with van der Waals surface area (Å²) in [6, 6.07) is 35.3. The van der Waals surface area contributed by atoms with Gasteiger partial charge in [0.2, 0.25) is 0 Å². The molecule has 2 aliphatic heterocycles. The standard InChI is InChI=1S/C47H48ClF3N8O5S2/c48-34-11-9-33(10-12-34)44-31-46(47(49,50)51)53-58(44)39-6-4-5-38(29-39)57-27-25-56(26-28-57)37-15-13-35(14-16-37)54-66(63,64)42-17-18-43(45(30-42)59(61)62)52-36(32-65-41-7-2-1-3-8-41)19-22-55-23-20-40(60)21-24-55/h1-18,29-31,36,40,52,54,60H,19-28,32H2/t36-/m1/s1. The molecule has 1 aromatic heterocycles. The number of hydrogen-bond acceptors (Lipinski definition) is 11.